The molecule has 1 heterocycles. The molecule has 25 heavy (non-hydrogen) atoms. The Morgan fingerprint density at radius 3 is 2.80 bits per heavy atom. The first-order chi connectivity index (χ1) is 12.0. The highest BCUT2D eigenvalue weighted by Crippen LogP contribution is 2.35. The Morgan fingerprint density at radius 1 is 1.32 bits per heavy atom. The summed E-state index contributed by atoms with van der Waals surface area (Å²) in [6, 6.07) is 6.45. The van der Waals surface area contributed by atoms with Crippen LogP contribution in [0.1, 0.15) is 44.1 Å². The van der Waals surface area contributed by atoms with Crippen LogP contribution in [0.3, 0.4) is 0 Å². The first-order valence-corrected chi connectivity index (χ1v) is 9.00. The van der Waals surface area contributed by atoms with Gasteiger partial charge in [0.1, 0.15) is 11.9 Å². The largest absolute Gasteiger partial charge is 0.383 e. The van der Waals surface area contributed by atoms with Crippen LogP contribution in [0.5, 0.6) is 0 Å². The first kappa shape index (κ1) is 17.9. The Kier molecular flexibility index (Phi) is 5.37. The van der Waals surface area contributed by atoms with Gasteiger partial charge >= 0.3 is 0 Å². The van der Waals surface area contributed by atoms with Gasteiger partial charge in [-0.1, -0.05) is 12.1 Å². The molecule has 6 heteroatoms. The van der Waals surface area contributed by atoms with Crippen molar-refractivity contribution in [3.63, 3.8) is 0 Å². The van der Waals surface area contributed by atoms with Crippen molar-refractivity contribution in [3.05, 3.63) is 35.6 Å². The lowest BCUT2D eigenvalue weighted by Crippen LogP contribution is -2.57. The number of carbonyl (C=O) groups excluding carboxylic acids is 2. The Bertz CT molecular complexity index is 645. The lowest BCUT2D eigenvalue weighted by atomic mass is 9.72. The second-order valence-corrected chi connectivity index (χ2v) is 7.26. The third-order valence-electron chi connectivity index (χ3n) is 5.23. The molecular formula is C19H25FN2O3. The van der Waals surface area contributed by atoms with Gasteiger partial charge in [0.25, 0.3) is 5.91 Å². The van der Waals surface area contributed by atoms with Crippen molar-refractivity contribution in [2.45, 2.75) is 56.6 Å². The van der Waals surface area contributed by atoms with Crippen LogP contribution in [-0.2, 0) is 16.0 Å². The first-order valence-electron chi connectivity index (χ1n) is 9.00. The van der Waals surface area contributed by atoms with Crippen LogP contribution in [0.4, 0.5) is 4.39 Å². The number of halogens is 1. The number of rotatable bonds is 5. The molecule has 1 saturated heterocycles. The monoisotopic (exact) mass is 348 g/mol. The van der Waals surface area contributed by atoms with Gasteiger partial charge in [-0.2, -0.15) is 0 Å². The van der Waals surface area contributed by atoms with Crippen molar-refractivity contribution in [1.82, 2.24) is 10.2 Å². The van der Waals surface area contributed by atoms with Crippen molar-refractivity contribution in [1.29, 1.82) is 0 Å². The third-order valence-corrected chi connectivity index (χ3v) is 5.23. The summed E-state index contributed by atoms with van der Waals surface area (Å²) in [5, 5.41) is 12.9. The number of hydrogen-bond donors (Lipinski definition) is 2. The van der Waals surface area contributed by atoms with E-state index >= 15 is 0 Å². The summed E-state index contributed by atoms with van der Waals surface area (Å²) in [5.74, 6) is -0.846. The van der Waals surface area contributed by atoms with E-state index in [1.54, 1.807) is 6.07 Å². The molecule has 1 unspecified atom stereocenters. The molecule has 1 saturated carbocycles. The Hall–Kier alpha value is -1.95. The van der Waals surface area contributed by atoms with Crippen LogP contribution in [0.2, 0.25) is 0 Å². The van der Waals surface area contributed by atoms with E-state index in [2.05, 4.69) is 5.32 Å². The molecule has 5 nitrogen and oxygen atoms in total. The van der Waals surface area contributed by atoms with Crippen LogP contribution in [0, 0.1) is 5.82 Å². The third kappa shape index (κ3) is 4.37. The highest BCUT2D eigenvalue weighted by Gasteiger charge is 2.39. The minimum atomic E-state index is -1.000. The molecule has 136 valence electrons. The van der Waals surface area contributed by atoms with Crippen LogP contribution >= 0.6 is 0 Å². The predicted octanol–water partition coefficient (Wildman–Crippen LogP) is 1.78. The van der Waals surface area contributed by atoms with E-state index in [0.29, 0.717) is 19.4 Å². The molecule has 2 aliphatic rings. The van der Waals surface area contributed by atoms with Crippen molar-refractivity contribution in [2.24, 2.45) is 0 Å². The number of benzene rings is 1. The smallest absolute Gasteiger partial charge is 0.251 e. The lowest BCUT2D eigenvalue weighted by molar-refractivity contribution is -0.143. The van der Waals surface area contributed by atoms with Crippen molar-refractivity contribution in [2.75, 3.05) is 13.1 Å². The van der Waals surface area contributed by atoms with E-state index in [1.165, 1.54) is 17.0 Å². The fourth-order valence-electron chi connectivity index (χ4n) is 3.74. The zero-order valence-electron chi connectivity index (χ0n) is 14.3. The van der Waals surface area contributed by atoms with Crippen LogP contribution in [-0.4, -0.2) is 46.6 Å². The second kappa shape index (κ2) is 7.52. The minimum Gasteiger partial charge on any atom is -0.383 e. The molecule has 1 aliphatic heterocycles. The molecule has 1 atom stereocenters. The standard InChI is InChI=1S/C19H25FN2O3/c20-15-6-3-5-14(11-15)12-19(8-4-9-19)21-17(24)13-22-10-2-1-7-16(23)18(22)25/h3,5-6,11,16,23H,1-2,4,7-10,12-13H2,(H,21,24). The fourth-order valence-corrected chi connectivity index (χ4v) is 3.74. The number of likely N-dealkylation sites (tertiary alicyclic amines) is 1. The quantitative estimate of drug-likeness (QED) is 0.852. The van der Waals surface area contributed by atoms with E-state index in [1.807, 2.05) is 6.07 Å². The Morgan fingerprint density at radius 2 is 2.12 bits per heavy atom. The zero-order chi connectivity index (χ0) is 17.9. The SMILES string of the molecule is O=C(CN1CCCCC(O)C1=O)NC1(Cc2cccc(F)c2)CCC1. The predicted molar refractivity (Wildman–Crippen MR) is 91.3 cm³/mol. The van der Waals surface area contributed by atoms with Gasteiger partial charge in [-0.25, -0.2) is 4.39 Å². The molecule has 1 aromatic carbocycles. The van der Waals surface area contributed by atoms with Gasteiger partial charge in [0.05, 0.1) is 6.54 Å². The average molecular weight is 348 g/mol. The number of amides is 2. The molecular weight excluding hydrogens is 323 g/mol. The van der Waals surface area contributed by atoms with Crippen molar-refractivity contribution in [3.8, 4) is 0 Å². The minimum absolute atomic E-state index is 0.0270. The molecule has 2 N–H and O–H groups in total. The zero-order valence-corrected chi connectivity index (χ0v) is 14.3. The molecule has 1 aromatic rings. The molecule has 0 radical (unpaired) electrons. The van der Waals surface area contributed by atoms with E-state index in [4.69, 9.17) is 0 Å². The van der Waals surface area contributed by atoms with Crippen molar-refractivity contribution >= 4 is 11.8 Å². The highest BCUT2D eigenvalue weighted by atomic mass is 19.1. The lowest BCUT2D eigenvalue weighted by Gasteiger charge is -2.43. The van der Waals surface area contributed by atoms with Crippen LogP contribution < -0.4 is 5.32 Å². The summed E-state index contributed by atoms with van der Waals surface area (Å²) in [6.07, 6.45) is 4.36. The molecule has 0 aromatic heterocycles. The second-order valence-electron chi connectivity index (χ2n) is 7.26. The number of carbonyl (C=O) groups is 2. The highest BCUT2D eigenvalue weighted by molar-refractivity contribution is 5.87. The van der Waals surface area contributed by atoms with Crippen LogP contribution in [0.25, 0.3) is 0 Å². The Balaban J connectivity index is 1.61. The maximum Gasteiger partial charge on any atom is 0.251 e. The van der Waals surface area contributed by atoms with E-state index < -0.39 is 6.10 Å². The normalized spacial score (nSPS) is 22.9. The fraction of sp³-hybridized carbons (Fsp3) is 0.579. The molecule has 0 spiro atoms. The number of nitrogens with one attached hydrogen (secondary N) is 1. The number of aliphatic hydroxyl groups is 1. The topological polar surface area (TPSA) is 69.6 Å². The number of hydrogen-bond acceptors (Lipinski definition) is 3. The van der Waals surface area contributed by atoms with Gasteiger partial charge in [-0.05, 0) is 62.6 Å². The average Bonchev–Trinajstić information content (AvgIpc) is 2.68. The summed E-state index contributed by atoms with van der Waals surface area (Å²) < 4.78 is 13.4. The van der Waals surface area contributed by atoms with Crippen LogP contribution in [0.15, 0.2) is 24.3 Å². The van der Waals surface area contributed by atoms with E-state index in [-0.39, 0.29) is 29.7 Å². The van der Waals surface area contributed by atoms with Crippen molar-refractivity contribution < 1.29 is 19.1 Å². The number of nitrogens with zero attached hydrogens (tertiary/aromatic N) is 1. The van der Waals surface area contributed by atoms with Gasteiger partial charge in [0.2, 0.25) is 5.91 Å². The molecule has 1 aliphatic carbocycles. The van der Waals surface area contributed by atoms with Gasteiger partial charge in [0.15, 0.2) is 0 Å². The van der Waals surface area contributed by atoms with Gasteiger partial charge in [-0.15, -0.1) is 0 Å². The summed E-state index contributed by atoms with van der Waals surface area (Å²) in [6.45, 7) is 0.473. The maximum atomic E-state index is 13.4. The van der Waals surface area contributed by atoms with Gasteiger partial charge < -0.3 is 15.3 Å². The maximum absolute atomic E-state index is 13.4. The molecule has 2 fully saturated rings. The van der Waals surface area contributed by atoms with Gasteiger partial charge in [0, 0.05) is 12.1 Å². The molecule has 3 rings (SSSR count). The summed E-state index contributed by atoms with van der Waals surface area (Å²) >= 11 is 0. The summed E-state index contributed by atoms with van der Waals surface area (Å²) in [5.41, 5.74) is 0.513. The Labute approximate surface area is 147 Å². The van der Waals surface area contributed by atoms with E-state index in [0.717, 1.165) is 37.7 Å². The molecule has 0 bridgehead atoms. The number of aliphatic hydroxyl groups excluding tert-OH is 1. The van der Waals surface area contributed by atoms with Gasteiger partial charge in [-0.3, -0.25) is 9.59 Å². The van der Waals surface area contributed by atoms with E-state index in [9.17, 15) is 19.1 Å². The molecule has 2 amide bonds. The summed E-state index contributed by atoms with van der Waals surface area (Å²) in [7, 11) is 0. The summed E-state index contributed by atoms with van der Waals surface area (Å²) in [4.78, 5) is 26.0.